The SMILES string of the molecule is Cc1cc(N)c(S(=O)(=O)O)cc1N.Nc1cc(S(=O)(=O)O)c(N)cc1Cl. The molecule has 0 spiro atoms. The van der Waals surface area contributed by atoms with Gasteiger partial charge in [-0.3, -0.25) is 9.11 Å². The van der Waals surface area contributed by atoms with Crippen LogP contribution in [0.2, 0.25) is 5.02 Å². The number of nitrogens with two attached hydrogens (primary N) is 4. The molecule has 0 heterocycles. The van der Waals surface area contributed by atoms with Gasteiger partial charge in [0.1, 0.15) is 9.79 Å². The van der Waals surface area contributed by atoms with Crippen LogP contribution in [0.25, 0.3) is 0 Å². The van der Waals surface area contributed by atoms with E-state index in [1.807, 2.05) is 0 Å². The first-order valence-corrected chi connectivity index (χ1v) is 9.85. The van der Waals surface area contributed by atoms with Crippen molar-refractivity contribution in [1.29, 1.82) is 0 Å². The van der Waals surface area contributed by atoms with Crippen molar-refractivity contribution in [2.45, 2.75) is 16.7 Å². The van der Waals surface area contributed by atoms with Crippen molar-refractivity contribution in [2.24, 2.45) is 0 Å². The van der Waals surface area contributed by atoms with Crippen LogP contribution in [0.1, 0.15) is 5.56 Å². The van der Waals surface area contributed by atoms with Crippen molar-refractivity contribution in [1.82, 2.24) is 0 Å². The van der Waals surface area contributed by atoms with Crippen molar-refractivity contribution in [3.8, 4) is 0 Å². The van der Waals surface area contributed by atoms with Crippen molar-refractivity contribution in [3.63, 3.8) is 0 Å². The minimum atomic E-state index is -4.34. The first-order valence-electron chi connectivity index (χ1n) is 6.59. The summed E-state index contributed by atoms with van der Waals surface area (Å²) in [7, 11) is -8.61. The number of nitrogen functional groups attached to an aromatic ring is 4. The number of hydrogen-bond acceptors (Lipinski definition) is 8. The Hall–Kier alpha value is -2.25. The smallest absolute Gasteiger partial charge is 0.296 e. The van der Waals surface area contributed by atoms with Gasteiger partial charge in [-0.25, -0.2) is 0 Å². The lowest BCUT2D eigenvalue weighted by molar-refractivity contribution is 0.481. The largest absolute Gasteiger partial charge is 0.398 e. The van der Waals surface area contributed by atoms with Gasteiger partial charge in [-0.2, -0.15) is 16.8 Å². The van der Waals surface area contributed by atoms with Gasteiger partial charge in [-0.05, 0) is 36.8 Å². The first-order chi connectivity index (χ1) is 11.6. The molecule has 2 aromatic carbocycles. The van der Waals surface area contributed by atoms with E-state index in [4.69, 9.17) is 43.6 Å². The number of rotatable bonds is 2. The van der Waals surface area contributed by atoms with Gasteiger partial charge in [0.05, 0.1) is 22.1 Å². The first kappa shape index (κ1) is 21.8. The molecule has 0 radical (unpaired) electrons. The van der Waals surface area contributed by atoms with Crippen LogP contribution in [0.5, 0.6) is 0 Å². The molecule has 0 aliphatic heterocycles. The highest BCUT2D eigenvalue weighted by molar-refractivity contribution is 7.86. The maximum Gasteiger partial charge on any atom is 0.296 e. The van der Waals surface area contributed by atoms with Gasteiger partial charge in [-0.1, -0.05) is 11.6 Å². The molecule has 2 aromatic rings. The third kappa shape index (κ3) is 5.37. The summed E-state index contributed by atoms with van der Waals surface area (Å²) in [5, 5.41) is 0.143. The van der Waals surface area contributed by atoms with Crippen LogP contribution in [0.4, 0.5) is 22.7 Å². The van der Waals surface area contributed by atoms with Gasteiger partial charge in [0.2, 0.25) is 0 Å². The van der Waals surface area contributed by atoms with Crippen LogP contribution >= 0.6 is 11.6 Å². The summed E-state index contributed by atoms with van der Waals surface area (Å²) in [4.78, 5) is -0.787. The zero-order chi connectivity index (χ0) is 20.4. The van der Waals surface area contributed by atoms with Crippen molar-refractivity contribution in [3.05, 3.63) is 34.9 Å². The highest BCUT2D eigenvalue weighted by Gasteiger charge is 2.16. The molecule has 0 fully saturated rings. The van der Waals surface area contributed by atoms with Crippen molar-refractivity contribution < 1.29 is 25.9 Å². The lowest BCUT2D eigenvalue weighted by Crippen LogP contribution is -2.05. The van der Waals surface area contributed by atoms with Crippen LogP contribution < -0.4 is 22.9 Å². The van der Waals surface area contributed by atoms with E-state index in [1.54, 1.807) is 6.92 Å². The monoisotopic (exact) mass is 424 g/mol. The fourth-order valence-electron chi connectivity index (χ4n) is 1.76. The molecule has 0 saturated carbocycles. The second-order valence-corrected chi connectivity index (χ2v) is 8.30. The molecule has 0 aromatic heterocycles. The highest BCUT2D eigenvalue weighted by Crippen LogP contribution is 2.28. The summed E-state index contributed by atoms with van der Waals surface area (Å²) in [6.45, 7) is 1.69. The molecule has 0 aliphatic carbocycles. The normalized spacial score (nSPS) is 11.5. The Bertz CT molecular complexity index is 969. The average Bonchev–Trinajstić information content (AvgIpc) is 2.45. The van der Waals surface area contributed by atoms with E-state index in [2.05, 4.69) is 0 Å². The van der Waals surface area contributed by atoms with E-state index in [0.29, 0.717) is 5.56 Å². The Morgan fingerprint density at radius 1 is 0.731 bits per heavy atom. The van der Waals surface area contributed by atoms with Crippen LogP contribution in [-0.2, 0) is 20.2 Å². The molecule has 13 heteroatoms. The summed E-state index contributed by atoms with van der Waals surface area (Å²) in [6, 6.07) is 4.71. The zero-order valence-corrected chi connectivity index (χ0v) is 15.7. The Kier molecular flexibility index (Phi) is 6.33. The zero-order valence-electron chi connectivity index (χ0n) is 13.3. The summed E-state index contributed by atoms with van der Waals surface area (Å²) in [5.74, 6) is 0. The number of hydrogen-bond donors (Lipinski definition) is 6. The van der Waals surface area contributed by atoms with E-state index in [1.165, 1.54) is 12.1 Å². The van der Waals surface area contributed by atoms with Gasteiger partial charge in [0, 0.05) is 5.69 Å². The molecule has 0 aliphatic rings. The number of aryl methyl sites for hydroxylation is 1. The molecular weight excluding hydrogens is 408 g/mol. The molecule has 0 saturated heterocycles. The molecule has 0 amide bonds. The number of halogens is 1. The quantitative estimate of drug-likeness (QED) is 0.298. The van der Waals surface area contributed by atoms with Gasteiger partial charge in [0.25, 0.3) is 20.2 Å². The number of anilines is 4. The van der Waals surface area contributed by atoms with E-state index in [0.717, 1.165) is 12.1 Å². The molecule has 2 rings (SSSR count). The summed E-state index contributed by atoms with van der Waals surface area (Å²) >= 11 is 5.55. The third-order valence-electron chi connectivity index (χ3n) is 3.08. The third-order valence-corrected chi connectivity index (χ3v) is 5.23. The van der Waals surface area contributed by atoms with Crippen LogP contribution in [0, 0.1) is 6.92 Å². The van der Waals surface area contributed by atoms with E-state index in [9.17, 15) is 16.8 Å². The topological polar surface area (TPSA) is 213 Å². The standard InChI is InChI=1S/C7H10N2O3S.C6H7ClN2O3S/c1-4-2-6(9)7(3-5(4)8)13(10,11)12;7-3-1-5(9)6(2-4(3)8)13(10,11)12/h2-3H,8-9H2,1H3,(H,10,11,12);1-2H,8-9H2,(H,10,11,12). The summed E-state index contributed by atoms with van der Waals surface area (Å²) in [6.07, 6.45) is 0. The van der Waals surface area contributed by atoms with Crippen LogP contribution in [0.3, 0.4) is 0 Å². The van der Waals surface area contributed by atoms with Crippen molar-refractivity contribution in [2.75, 3.05) is 22.9 Å². The predicted molar refractivity (Wildman–Crippen MR) is 99.9 cm³/mol. The molecule has 10 N–H and O–H groups in total. The maximum absolute atomic E-state index is 10.7. The van der Waals surface area contributed by atoms with Gasteiger partial charge in [0.15, 0.2) is 0 Å². The fraction of sp³-hybridized carbons (Fsp3) is 0.0769. The average molecular weight is 425 g/mol. The van der Waals surface area contributed by atoms with Gasteiger partial charge in [-0.15, -0.1) is 0 Å². The maximum atomic E-state index is 10.7. The van der Waals surface area contributed by atoms with Crippen LogP contribution in [-0.4, -0.2) is 25.9 Å². The number of benzene rings is 2. The molecule has 0 unspecified atom stereocenters. The Morgan fingerprint density at radius 2 is 1.12 bits per heavy atom. The van der Waals surface area contributed by atoms with Crippen LogP contribution in [0.15, 0.2) is 34.1 Å². The van der Waals surface area contributed by atoms with Gasteiger partial charge >= 0.3 is 0 Å². The predicted octanol–water partition coefficient (Wildman–Crippen LogP) is 1.16. The van der Waals surface area contributed by atoms with E-state index < -0.39 is 25.1 Å². The second kappa shape index (κ2) is 7.55. The van der Waals surface area contributed by atoms with Gasteiger partial charge < -0.3 is 22.9 Å². The minimum Gasteiger partial charge on any atom is -0.398 e. The molecule has 26 heavy (non-hydrogen) atoms. The van der Waals surface area contributed by atoms with E-state index in [-0.39, 0.29) is 32.7 Å². The second-order valence-electron chi connectivity index (χ2n) is 5.11. The molecular formula is C13H17ClN4O6S2. The Labute approximate surface area is 155 Å². The molecule has 144 valence electrons. The lowest BCUT2D eigenvalue weighted by Gasteiger charge is -2.05. The molecule has 0 atom stereocenters. The Balaban J connectivity index is 0.000000260. The minimum absolute atomic E-state index is 0.00537. The highest BCUT2D eigenvalue weighted by atomic mass is 35.5. The van der Waals surface area contributed by atoms with E-state index >= 15 is 0 Å². The fourth-order valence-corrected chi connectivity index (χ4v) is 3.19. The molecule has 10 nitrogen and oxygen atoms in total. The summed E-state index contributed by atoms with van der Waals surface area (Å²) in [5.41, 5.74) is 22.3. The lowest BCUT2D eigenvalue weighted by atomic mass is 10.2. The Morgan fingerprint density at radius 3 is 1.54 bits per heavy atom. The summed E-state index contributed by atoms with van der Waals surface area (Å²) < 4.78 is 60.3. The van der Waals surface area contributed by atoms with Crippen molar-refractivity contribution >= 4 is 54.6 Å². The molecule has 0 bridgehead atoms.